The maximum Gasteiger partial charge on any atom is 0.145 e. The van der Waals surface area contributed by atoms with Crippen molar-refractivity contribution >= 4 is 5.82 Å². The van der Waals surface area contributed by atoms with E-state index in [1.54, 1.807) is 6.07 Å². The van der Waals surface area contributed by atoms with Crippen LogP contribution < -0.4 is 4.90 Å². The number of nitriles is 1. The lowest BCUT2D eigenvalue weighted by atomic mass is 10.0. The highest BCUT2D eigenvalue weighted by Gasteiger charge is 2.08. The molecule has 2 rings (SSSR count). The van der Waals surface area contributed by atoms with E-state index in [9.17, 15) is 0 Å². The highest BCUT2D eigenvalue weighted by Crippen LogP contribution is 2.19. The Bertz CT molecular complexity index is 671. The molecule has 0 saturated heterocycles. The van der Waals surface area contributed by atoms with Gasteiger partial charge in [-0.25, -0.2) is 9.97 Å². The van der Waals surface area contributed by atoms with Crippen LogP contribution in [0.2, 0.25) is 0 Å². The van der Waals surface area contributed by atoms with Crippen molar-refractivity contribution in [3.05, 3.63) is 52.5 Å². The molecule has 2 aromatic rings. The third-order valence-corrected chi connectivity index (χ3v) is 3.52. The zero-order chi connectivity index (χ0) is 14.7. The van der Waals surface area contributed by atoms with Crippen LogP contribution in [0, 0.1) is 32.1 Å². The van der Waals surface area contributed by atoms with E-state index >= 15 is 0 Å². The SMILES string of the molecule is Cc1cc(C)c(CN(C)c2cc(C#N)ncn2)cc1C. The lowest BCUT2D eigenvalue weighted by Crippen LogP contribution is -2.18. The van der Waals surface area contributed by atoms with Crippen molar-refractivity contribution in [1.82, 2.24) is 9.97 Å². The molecule has 0 fully saturated rings. The van der Waals surface area contributed by atoms with E-state index in [0.717, 1.165) is 12.4 Å². The van der Waals surface area contributed by atoms with Crippen LogP contribution in [0.3, 0.4) is 0 Å². The largest absolute Gasteiger partial charge is 0.355 e. The van der Waals surface area contributed by atoms with Gasteiger partial charge in [0.05, 0.1) is 0 Å². The maximum absolute atomic E-state index is 8.89. The quantitative estimate of drug-likeness (QED) is 0.857. The standard InChI is InChI=1S/C16H18N4/c1-11-5-13(3)14(6-12(11)2)9-20(4)16-7-15(8-17)18-10-19-16/h5-7,10H,9H2,1-4H3. The summed E-state index contributed by atoms with van der Waals surface area (Å²) in [5.41, 5.74) is 5.53. The lowest BCUT2D eigenvalue weighted by Gasteiger charge is -2.20. The summed E-state index contributed by atoms with van der Waals surface area (Å²) in [6, 6.07) is 8.16. The van der Waals surface area contributed by atoms with Crippen molar-refractivity contribution in [2.24, 2.45) is 0 Å². The molecule has 0 saturated carbocycles. The van der Waals surface area contributed by atoms with Crippen LogP contribution in [0.4, 0.5) is 5.82 Å². The summed E-state index contributed by atoms with van der Waals surface area (Å²) in [7, 11) is 1.97. The Labute approximate surface area is 119 Å². The van der Waals surface area contributed by atoms with Gasteiger partial charge in [-0.2, -0.15) is 5.26 Å². The zero-order valence-electron chi connectivity index (χ0n) is 12.3. The summed E-state index contributed by atoms with van der Waals surface area (Å²) >= 11 is 0. The number of rotatable bonds is 3. The molecule has 102 valence electrons. The molecule has 4 nitrogen and oxygen atoms in total. The van der Waals surface area contributed by atoms with Crippen molar-refractivity contribution in [2.75, 3.05) is 11.9 Å². The molecule has 0 aliphatic carbocycles. The molecule has 0 amide bonds. The molecule has 4 heteroatoms. The molecular weight excluding hydrogens is 248 g/mol. The fraction of sp³-hybridized carbons (Fsp3) is 0.312. The van der Waals surface area contributed by atoms with Gasteiger partial charge in [0.25, 0.3) is 0 Å². The van der Waals surface area contributed by atoms with Gasteiger partial charge in [0.1, 0.15) is 23.9 Å². The highest BCUT2D eigenvalue weighted by atomic mass is 15.2. The minimum atomic E-state index is 0.388. The number of hydrogen-bond donors (Lipinski definition) is 0. The molecule has 0 aliphatic heterocycles. The summed E-state index contributed by atoms with van der Waals surface area (Å²) in [6.07, 6.45) is 1.43. The van der Waals surface area contributed by atoms with Crippen LogP contribution in [0.5, 0.6) is 0 Å². The average molecular weight is 266 g/mol. The summed E-state index contributed by atoms with van der Waals surface area (Å²) in [5.74, 6) is 0.758. The molecule has 0 atom stereocenters. The Kier molecular flexibility index (Phi) is 3.99. The Morgan fingerprint density at radius 2 is 1.75 bits per heavy atom. The van der Waals surface area contributed by atoms with Gasteiger partial charge in [-0.05, 0) is 43.0 Å². The second kappa shape index (κ2) is 5.70. The first-order valence-corrected chi connectivity index (χ1v) is 6.51. The fourth-order valence-corrected chi connectivity index (χ4v) is 2.14. The highest BCUT2D eigenvalue weighted by molar-refractivity contribution is 5.44. The summed E-state index contributed by atoms with van der Waals surface area (Å²) in [5, 5.41) is 8.89. The Morgan fingerprint density at radius 3 is 2.45 bits per heavy atom. The van der Waals surface area contributed by atoms with Crippen LogP contribution in [-0.2, 0) is 6.54 Å². The predicted molar refractivity (Wildman–Crippen MR) is 79.5 cm³/mol. The minimum absolute atomic E-state index is 0.388. The van der Waals surface area contributed by atoms with Crippen molar-refractivity contribution in [1.29, 1.82) is 5.26 Å². The van der Waals surface area contributed by atoms with Crippen molar-refractivity contribution < 1.29 is 0 Å². The van der Waals surface area contributed by atoms with Crippen LogP contribution in [-0.4, -0.2) is 17.0 Å². The molecule has 0 unspecified atom stereocenters. The first-order valence-electron chi connectivity index (χ1n) is 6.51. The van der Waals surface area contributed by atoms with Gasteiger partial charge in [0.15, 0.2) is 0 Å². The van der Waals surface area contributed by atoms with Gasteiger partial charge >= 0.3 is 0 Å². The van der Waals surface area contributed by atoms with Crippen LogP contribution in [0.15, 0.2) is 24.5 Å². The van der Waals surface area contributed by atoms with E-state index in [-0.39, 0.29) is 0 Å². The zero-order valence-corrected chi connectivity index (χ0v) is 12.3. The molecule has 1 aromatic heterocycles. The third-order valence-electron chi connectivity index (χ3n) is 3.52. The molecule has 0 N–H and O–H groups in total. The molecule has 0 spiro atoms. The summed E-state index contributed by atoms with van der Waals surface area (Å²) in [4.78, 5) is 10.1. The first kappa shape index (κ1) is 14.0. The van der Waals surface area contributed by atoms with E-state index in [1.165, 1.54) is 28.6 Å². The van der Waals surface area contributed by atoms with Crippen LogP contribution >= 0.6 is 0 Å². The van der Waals surface area contributed by atoms with E-state index < -0.39 is 0 Å². The topological polar surface area (TPSA) is 52.8 Å². The number of anilines is 1. The van der Waals surface area contributed by atoms with Gasteiger partial charge in [0.2, 0.25) is 0 Å². The van der Waals surface area contributed by atoms with Crippen molar-refractivity contribution in [2.45, 2.75) is 27.3 Å². The Morgan fingerprint density at radius 1 is 1.05 bits per heavy atom. The number of nitrogens with zero attached hydrogens (tertiary/aromatic N) is 4. The maximum atomic E-state index is 8.89. The van der Waals surface area contributed by atoms with Crippen LogP contribution in [0.1, 0.15) is 27.9 Å². The summed E-state index contributed by atoms with van der Waals surface area (Å²) in [6.45, 7) is 7.13. The predicted octanol–water partition coefficient (Wildman–Crippen LogP) is 2.91. The Hall–Kier alpha value is -2.41. The molecule has 0 aliphatic rings. The van der Waals surface area contributed by atoms with E-state index in [1.807, 2.05) is 18.0 Å². The smallest absolute Gasteiger partial charge is 0.145 e. The average Bonchev–Trinajstić information content (AvgIpc) is 2.44. The third kappa shape index (κ3) is 2.94. The molecule has 20 heavy (non-hydrogen) atoms. The van der Waals surface area contributed by atoms with Crippen LogP contribution in [0.25, 0.3) is 0 Å². The van der Waals surface area contributed by atoms with Crippen molar-refractivity contribution in [3.8, 4) is 6.07 Å². The number of hydrogen-bond acceptors (Lipinski definition) is 4. The second-order valence-corrected chi connectivity index (χ2v) is 5.09. The minimum Gasteiger partial charge on any atom is -0.355 e. The Balaban J connectivity index is 2.25. The fourth-order valence-electron chi connectivity index (χ4n) is 2.14. The van der Waals surface area contributed by atoms with E-state index in [0.29, 0.717) is 5.69 Å². The van der Waals surface area contributed by atoms with Gasteiger partial charge in [-0.1, -0.05) is 12.1 Å². The molecule has 1 heterocycles. The van der Waals surface area contributed by atoms with Crippen molar-refractivity contribution in [3.63, 3.8) is 0 Å². The monoisotopic (exact) mass is 266 g/mol. The van der Waals surface area contributed by atoms with Gasteiger partial charge in [-0.3, -0.25) is 0 Å². The number of aryl methyl sites for hydroxylation is 3. The normalized spacial score (nSPS) is 10.2. The van der Waals surface area contributed by atoms with Gasteiger partial charge in [0, 0.05) is 19.7 Å². The second-order valence-electron chi connectivity index (χ2n) is 5.09. The van der Waals surface area contributed by atoms with Gasteiger partial charge < -0.3 is 4.90 Å². The number of benzene rings is 1. The molecule has 1 aromatic carbocycles. The van der Waals surface area contributed by atoms with E-state index in [2.05, 4.69) is 42.9 Å². The molecule has 0 radical (unpaired) electrons. The molecular formula is C16H18N4. The summed E-state index contributed by atoms with van der Waals surface area (Å²) < 4.78 is 0. The number of aromatic nitrogens is 2. The van der Waals surface area contributed by atoms with Gasteiger partial charge in [-0.15, -0.1) is 0 Å². The first-order chi connectivity index (χ1) is 9.51. The lowest BCUT2D eigenvalue weighted by molar-refractivity contribution is 0.880. The van der Waals surface area contributed by atoms with E-state index in [4.69, 9.17) is 5.26 Å². The molecule has 0 bridgehead atoms.